The summed E-state index contributed by atoms with van der Waals surface area (Å²) in [5.74, 6) is -1.20. The van der Waals surface area contributed by atoms with Gasteiger partial charge in [0, 0.05) is 0 Å². The molecule has 12 nitrogen and oxygen atoms in total. The van der Waals surface area contributed by atoms with Crippen LogP contribution < -0.4 is 15.4 Å². The van der Waals surface area contributed by atoms with Crippen LogP contribution in [-0.4, -0.2) is 64.6 Å². The number of amides is 2. The molecule has 2 heterocycles. The molecule has 0 aliphatic carbocycles. The number of aromatic nitrogens is 3. The molecule has 0 saturated heterocycles. The Morgan fingerprint density at radius 1 is 0.913 bits per heavy atom. The second kappa shape index (κ2) is 15.5. The number of anilines is 1. The molecule has 2 amide bonds. The fraction of sp³-hybridized carbons (Fsp3) is 0.312. The average Bonchev–Trinajstić information content (AvgIpc) is 3.60. The number of methoxy groups -OCH3 is 1. The minimum atomic E-state index is -0.649. The van der Waals surface area contributed by atoms with E-state index >= 15 is 0 Å². The van der Waals surface area contributed by atoms with Crippen molar-refractivity contribution in [3.8, 4) is 11.4 Å². The van der Waals surface area contributed by atoms with Gasteiger partial charge in [-0.2, -0.15) is 0 Å². The first kappa shape index (κ1) is 34.2. The van der Waals surface area contributed by atoms with E-state index in [1.54, 1.807) is 49.6 Å². The van der Waals surface area contributed by atoms with E-state index in [0.29, 0.717) is 27.9 Å². The smallest absolute Gasteiger partial charge is 0.348 e. The minimum Gasteiger partial charge on any atom is -0.496 e. The van der Waals surface area contributed by atoms with Crippen LogP contribution in [0.4, 0.5) is 5.00 Å². The summed E-state index contributed by atoms with van der Waals surface area (Å²) in [6.45, 7) is 9.27. The summed E-state index contributed by atoms with van der Waals surface area (Å²) in [5.41, 5.74) is 3.68. The third-order valence-electron chi connectivity index (χ3n) is 6.95. The van der Waals surface area contributed by atoms with Crippen LogP contribution in [0.5, 0.6) is 5.75 Å². The third-order valence-corrected chi connectivity index (χ3v) is 9.06. The first-order valence-corrected chi connectivity index (χ1v) is 16.2. The molecule has 242 valence electrons. The molecule has 0 aliphatic heterocycles. The lowest BCUT2D eigenvalue weighted by molar-refractivity contribution is -0.113. The van der Waals surface area contributed by atoms with Crippen molar-refractivity contribution in [1.29, 1.82) is 0 Å². The number of thioether (sulfide) groups is 1. The molecular formula is C32H35N5O7S2. The van der Waals surface area contributed by atoms with Gasteiger partial charge in [0.05, 0.1) is 49.4 Å². The number of para-hydroxylation sites is 1. The Bertz CT molecular complexity index is 1770. The second-order valence-corrected chi connectivity index (χ2v) is 11.8. The Balaban J connectivity index is 1.58. The Morgan fingerprint density at radius 2 is 1.63 bits per heavy atom. The summed E-state index contributed by atoms with van der Waals surface area (Å²) in [5, 5.41) is 15.0. The molecule has 2 N–H and O–H groups in total. The van der Waals surface area contributed by atoms with E-state index in [1.165, 1.54) is 7.11 Å². The lowest BCUT2D eigenvalue weighted by Gasteiger charge is -2.15. The molecule has 0 aliphatic rings. The summed E-state index contributed by atoms with van der Waals surface area (Å²) >= 11 is 2.09. The van der Waals surface area contributed by atoms with Gasteiger partial charge < -0.3 is 24.8 Å². The Hall–Kier alpha value is -4.69. The van der Waals surface area contributed by atoms with Gasteiger partial charge in [0.1, 0.15) is 15.6 Å². The third kappa shape index (κ3) is 7.57. The molecule has 46 heavy (non-hydrogen) atoms. The van der Waals surface area contributed by atoms with E-state index in [-0.39, 0.29) is 46.9 Å². The van der Waals surface area contributed by atoms with Crippen LogP contribution in [0, 0.1) is 20.8 Å². The van der Waals surface area contributed by atoms with Crippen LogP contribution in [0.2, 0.25) is 0 Å². The van der Waals surface area contributed by atoms with Gasteiger partial charge in [0.15, 0.2) is 11.0 Å². The Morgan fingerprint density at radius 3 is 2.35 bits per heavy atom. The largest absolute Gasteiger partial charge is 0.496 e. The number of nitrogens with one attached hydrogen (secondary N) is 2. The van der Waals surface area contributed by atoms with Crippen LogP contribution in [0.1, 0.15) is 66.7 Å². The van der Waals surface area contributed by atoms with Crippen molar-refractivity contribution in [1.82, 2.24) is 20.1 Å². The van der Waals surface area contributed by atoms with Crippen molar-refractivity contribution in [3.05, 3.63) is 81.0 Å². The van der Waals surface area contributed by atoms with E-state index in [4.69, 9.17) is 14.2 Å². The summed E-state index contributed by atoms with van der Waals surface area (Å²) in [6.07, 6.45) is 0. The molecule has 0 unspecified atom stereocenters. The van der Waals surface area contributed by atoms with Crippen LogP contribution in [-0.2, 0) is 20.8 Å². The number of rotatable bonds is 13. The first-order valence-electron chi connectivity index (χ1n) is 14.4. The van der Waals surface area contributed by atoms with E-state index in [1.807, 2.05) is 32.0 Å². The number of esters is 2. The number of ether oxygens (including phenoxy) is 3. The highest BCUT2D eigenvalue weighted by Crippen LogP contribution is 2.35. The Kier molecular flexibility index (Phi) is 11.6. The molecule has 4 rings (SSSR count). The first-order chi connectivity index (χ1) is 22.1. The lowest BCUT2D eigenvalue weighted by Crippen LogP contribution is -2.25. The maximum atomic E-state index is 13.2. The fourth-order valence-electron chi connectivity index (χ4n) is 4.55. The van der Waals surface area contributed by atoms with Gasteiger partial charge in [-0.15, -0.1) is 21.5 Å². The molecule has 0 radical (unpaired) electrons. The van der Waals surface area contributed by atoms with Crippen molar-refractivity contribution in [2.75, 3.05) is 31.4 Å². The topological polar surface area (TPSA) is 151 Å². The number of carbonyl (C=O) groups excluding carboxylic acids is 4. The number of hydrogen-bond donors (Lipinski definition) is 2. The van der Waals surface area contributed by atoms with Crippen LogP contribution in [0.25, 0.3) is 5.69 Å². The van der Waals surface area contributed by atoms with Gasteiger partial charge in [-0.05, 0) is 69.5 Å². The van der Waals surface area contributed by atoms with E-state index < -0.39 is 17.8 Å². The monoisotopic (exact) mass is 665 g/mol. The molecule has 2 aromatic heterocycles. The van der Waals surface area contributed by atoms with E-state index in [0.717, 1.165) is 39.9 Å². The fourth-order valence-corrected chi connectivity index (χ4v) is 6.42. The molecule has 2 aromatic carbocycles. The summed E-state index contributed by atoms with van der Waals surface area (Å²) in [7, 11) is 1.50. The van der Waals surface area contributed by atoms with Crippen molar-refractivity contribution < 1.29 is 33.4 Å². The highest BCUT2D eigenvalue weighted by atomic mass is 32.2. The SMILES string of the molecule is CCOC(=O)c1sc(NC(=O)CSc2nnc(CNC(=O)c3ccccc3OC)n2-c2cccc(C)c2C)c(C(=O)OCC)c1C. The van der Waals surface area contributed by atoms with Crippen molar-refractivity contribution in [3.63, 3.8) is 0 Å². The zero-order chi connectivity index (χ0) is 33.4. The number of nitrogens with zero attached hydrogens (tertiary/aromatic N) is 3. The van der Waals surface area contributed by atoms with Crippen molar-refractivity contribution >= 4 is 51.9 Å². The van der Waals surface area contributed by atoms with Gasteiger partial charge in [-0.1, -0.05) is 36.0 Å². The minimum absolute atomic E-state index is 0.0536. The van der Waals surface area contributed by atoms with Crippen LogP contribution in [0.15, 0.2) is 47.6 Å². The number of benzene rings is 2. The molecule has 0 fully saturated rings. The second-order valence-electron chi connectivity index (χ2n) is 9.87. The maximum absolute atomic E-state index is 13.2. The van der Waals surface area contributed by atoms with Crippen molar-refractivity contribution in [2.24, 2.45) is 0 Å². The zero-order valence-corrected chi connectivity index (χ0v) is 28.0. The molecular weight excluding hydrogens is 631 g/mol. The number of aryl methyl sites for hydroxylation is 1. The predicted molar refractivity (Wildman–Crippen MR) is 175 cm³/mol. The maximum Gasteiger partial charge on any atom is 0.348 e. The quantitative estimate of drug-likeness (QED) is 0.143. The van der Waals surface area contributed by atoms with Gasteiger partial charge in [-0.25, -0.2) is 9.59 Å². The normalized spacial score (nSPS) is 10.7. The van der Waals surface area contributed by atoms with Crippen molar-refractivity contribution in [2.45, 2.75) is 46.3 Å². The number of carbonyl (C=O) groups is 4. The van der Waals surface area contributed by atoms with Gasteiger partial charge in [-0.3, -0.25) is 14.2 Å². The van der Waals surface area contributed by atoms with E-state index in [2.05, 4.69) is 20.8 Å². The lowest BCUT2D eigenvalue weighted by atomic mass is 10.1. The molecule has 0 atom stereocenters. The molecule has 4 aromatic rings. The molecule has 0 bridgehead atoms. The van der Waals surface area contributed by atoms with Gasteiger partial charge in [0.25, 0.3) is 5.91 Å². The Labute approximate surface area is 274 Å². The summed E-state index contributed by atoms with van der Waals surface area (Å²) in [4.78, 5) is 51.7. The van der Waals surface area contributed by atoms with Crippen LogP contribution >= 0.6 is 23.1 Å². The number of thiophene rings is 1. The van der Waals surface area contributed by atoms with E-state index in [9.17, 15) is 19.2 Å². The molecule has 14 heteroatoms. The van der Waals surface area contributed by atoms with Gasteiger partial charge >= 0.3 is 11.9 Å². The zero-order valence-electron chi connectivity index (χ0n) is 26.4. The van der Waals surface area contributed by atoms with Gasteiger partial charge in [0.2, 0.25) is 5.91 Å². The summed E-state index contributed by atoms with van der Waals surface area (Å²) in [6, 6.07) is 12.7. The highest BCUT2D eigenvalue weighted by Gasteiger charge is 2.28. The predicted octanol–water partition coefficient (Wildman–Crippen LogP) is 5.28. The number of hydrogen-bond acceptors (Lipinski definition) is 11. The average molecular weight is 666 g/mol. The molecule has 0 saturated carbocycles. The molecule has 0 spiro atoms. The summed E-state index contributed by atoms with van der Waals surface area (Å²) < 4.78 is 17.4. The highest BCUT2D eigenvalue weighted by molar-refractivity contribution is 7.99. The van der Waals surface area contributed by atoms with Crippen LogP contribution in [0.3, 0.4) is 0 Å². The standard InChI is InChI=1S/C32H35N5O7S2/c1-7-43-30(40)26-20(5)27(31(41)44-8-2)46-29(26)34-25(38)17-45-32-36-35-24(37(32)22-14-11-12-18(3)19(22)4)16-33-28(39)21-13-9-10-15-23(21)42-6/h9-15H,7-8,16-17H2,1-6H3,(H,33,39)(H,34,38).